The van der Waals surface area contributed by atoms with Gasteiger partial charge in [-0.25, -0.2) is 13.6 Å². The van der Waals surface area contributed by atoms with E-state index in [1.807, 2.05) is 0 Å². The van der Waals surface area contributed by atoms with Crippen molar-refractivity contribution >= 4 is 16.0 Å². The zero-order valence-corrected chi connectivity index (χ0v) is 16.2. The minimum atomic E-state index is -3.66. The van der Waals surface area contributed by atoms with Crippen LogP contribution in [0, 0.1) is 6.92 Å². The van der Waals surface area contributed by atoms with Crippen molar-refractivity contribution in [2.75, 3.05) is 13.6 Å². The lowest BCUT2D eigenvalue weighted by Crippen LogP contribution is -2.38. The molecular weight excluding hydrogens is 348 g/mol. The molecule has 1 unspecified atom stereocenters. The van der Waals surface area contributed by atoms with Crippen molar-refractivity contribution in [2.45, 2.75) is 31.2 Å². The molecule has 0 heterocycles. The molecule has 0 aromatic heterocycles. The van der Waals surface area contributed by atoms with Gasteiger partial charge in [-0.2, -0.15) is 0 Å². The van der Waals surface area contributed by atoms with E-state index in [1.165, 1.54) is 23.3 Å². The van der Waals surface area contributed by atoms with Crippen molar-refractivity contribution in [1.29, 1.82) is 0 Å². The number of nitrogens with two attached hydrogens (primary N) is 1. The maximum atomic E-state index is 11.3. The quantitative estimate of drug-likeness (QED) is 0.533. The van der Waals surface area contributed by atoms with Crippen molar-refractivity contribution < 1.29 is 8.42 Å². The maximum absolute atomic E-state index is 11.3. The third kappa shape index (κ3) is 5.86. The fraction of sp³-hybridized carbons (Fsp3) is 0.316. The summed E-state index contributed by atoms with van der Waals surface area (Å²) < 4.78 is 22.6. The lowest BCUT2D eigenvalue weighted by Gasteiger charge is -2.17. The fourth-order valence-electron chi connectivity index (χ4n) is 2.55. The van der Waals surface area contributed by atoms with E-state index >= 15 is 0 Å². The van der Waals surface area contributed by atoms with Crippen LogP contribution in [0.25, 0.3) is 0 Å². The first-order chi connectivity index (χ1) is 12.3. The Kier molecular flexibility index (Phi) is 6.76. The third-order valence-corrected chi connectivity index (χ3v) is 5.05. The van der Waals surface area contributed by atoms with Gasteiger partial charge in [0.15, 0.2) is 5.96 Å². The van der Waals surface area contributed by atoms with Crippen LogP contribution >= 0.6 is 0 Å². The second kappa shape index (κ2) is 8.82. The van der Waals surface area contributed by atoms with Gasteiger partial charge >= 0.3 is 0 Å². The number of rotatable bonds is 6. The molecule has 0 fully saturated rings. The Morgan fingerprint density at radius 1 is 1.15 bits per heavy atom. The first kappa shape index (κ1) is 19.9. The lowest BCUT2D eigenvalue weighted by atomic mass is 9.99. The minimum absolute atomic E-state index is 0.107. The zero-order valence-electron chi connectivity index (χ0n) is 15.4. The number of aliphatic imine (C=N–C) groups is 1. The standard InChI is InChI=1S/C19H26N4O2S/c1-14-5-4-6-17(11-14)15(2)12-22-19(21-3)23-13-16-7-9-18(10-8-16)26(20,24)25/h4-11,15H,12-13H2,1-3H3,(H2,20,24,25)(H2,21,22,23). The van der Waals surface area contributed by atoms with Crippen molar-refractivity contribution in [3.05, 3.63) is 65.2 Å². The lowest BCUT2D eigenvalue weighted by molar-refractivity contribution is 0.597. The highest BCUT2D eigenvalue weighted by Gasteiger charge is 2.08. The van der Waals surface area contributed by atoms with Gasteiger partial charge in [-0.1, -0.05) is 48.9 Å². The molecule has 0 saturated heterocycles. The number of nitrogens with zero attached hydrogens (tertiary/aromatic N) is 1. The van der Waals surface area contributed by atoms with Crippen molar-refractivity contribution in [2.24, 2.45) is 10.1 Å². The summed E-state index contributed by atoms with van der Waals surface area (Å²) in [6.45, 7) is 5.54. The Labute approximate surface area is 155 Å². The summed E-state index contributed by atoms with van der Waals surface area (Å²) in [5.41, 5.74) is 3.47. The monoisotopic (exact) mass is 374 g/mol. The number of sulfonamides is 1. The predicted molar refractivity (Wildman–Crippen MR) is 106 cm³/mol. The Morgan fingerprint density at radius 3 is 2.42 bits per heavy atom. The number of benzene rings is 2. The van der Waals surface area contributed by atoms with Gasteiger partial charge in [-0.3, -0.25) is 4.99 Å². The summed E-state index contributed by atoms with van der Waals surface area (Å²) in [4.78, 5) is 4.33. The van der Waals surface area contributed by atoms with E-state index in [0.717, 1.165) is 12.1 Å². The molecule has 26 heavy (non-hydrogen) atoms. The molecule has 0 amide bonds. The van der Waals surface area contributed by atoms with Gasteiger partial charge < -0.3 is 10.6 Å². The average molecular weight is 375 g/mol. The van der Waals surface area contributed by atoms with Crippen LogP contribution in [-0.2, 0) is 16.6 Å². The van der Waals surface area contributed by atoms with Crippen molar-refractivity contribution in [3.63, 3.8) is 0 Å². The van der Waals surface area contributed by atoms with Crippen LogP contribution in [0.5, 0.6) is 0 Å². The van der Waals surface area contributed by atoms with E-state index in [4.69, 9.17) is 5.14 Å². The van der Waals surface area contributed by atoms with Gasteiger partial charge in [-0.15, -0.1) is 0 Å². The van der Waals surface area contributed by atoms with Crippen LogP contribution in [0.2, 0.25) is 0 Å². The fourth-order valence-corrected chi connectivity index (χ4v) is 3.06. The Balaban J connectivity index is 1.88. The highest BCUT2D eigenvalue weighted by molar-refractivity contribution is 7.89. The Morgan fingerprint density at radius 2 is 1.85 bits per heavy atom. The first-order valence-electron chi connectivity index (χ1n) is 8.42. The zero-order chi connectivity index (χ0) is 19.2. The van der Waals surface area contributed by atoms with Crippen LogP contribution < -0.4 is 15.8 Å². The summed E-state index contributed by atoms with van der Waals surface area (Å²) in [7, 11) is -1.94. The van der Waals surface area contributed by atoms with Gasteiger partial charge in [0.25, 0.3) is 0 Å². The molecule has 1 atom stereocenters. The van der Waals surface area contributed by atoms with Crippen LogP contribution in [0.15, 0.2) is 58.4 Å². The van der Waals surface area contributed by atoms with E-state index < -0.39 is 10.0 Å². The maximum Gasteiger partial charge on any atom is 0.238 e. The molecule has 0 spiro atoms. The number of hydrogen-bond donors (Lipinski definition) is 3. The second-order valence-corrected chi connectivity index (χ2v) is 7.87. The minimum Gasteiger partial charge on any atom is -0.356 e. The highest BCUT2D eigenvalue weighted by atomic mass is 32.2. The van der Waals surface area contributed by atoms with E-state index in [2.05, 4.69) is 53.7 Å². The third-order valence-electron chi connectivity index (χ3n) is 4.12. The number of hydrogen-bond acceptors (Lipinski definition) is 3. The summed E-state index contributed by atoms with van der Waals surface area (Å²) in [5.74, 6) is 1.04. The number of aryl methyl sites for hydroxylation is 1. The molecule has 140 valence electrons. The van der Waals surface area contributed by atoms with Crippen LogP contribution in [0.1, 0.15) is 29.5 Å². The van der Waals surface area contributed by atoms with Gasteiger partial charge in [0.05, 0.1) is 4.90 Å². The smallest absolute Gasteiger partial charge is 0.238 e. The highest BCUT2D eigenvalue weighted by Crippen LogP contribution is 2.15. The molecule has 2 rings (SSSR count). The summed E-state index contributed by atoms with van der Waals surface area (Å²) in [6.07, 6.45) is 0. The largest absolute Gasteiger partial charge is 0.356 e. The Hall–Kier alpha value is -2.38. The summed E-state index contributed by atoms with van der Waals surface area (Å²) in [5, 5.41) is 11.6. The van der Waals surface area contributed by atoms with E-state index in [1.54, 1.807) is 19.2 Å². The molecule has 2 aromatic rings. The van der Waals surface area contributed by atoms with E-state index in [9.17, 15) is 8.42 Å². The van der Waals surface area contributed by atoms with Crippen molar-refractivity contribution in [1.82, 2.24) is 10.6 Å². The number of nitrogens with one attached hydrogen (secondary N) is 2. The molecule has 0 aliphatic rings. The molecule has 0 bridgehead atoms. The molecule has 7 heteroatoms. The topological polar surface area (TPSA) is 96.6 Å². The van der Waals surface area contributed by atoms with Crippen molar-refractivity contribution in [3.8, 4) is 0 Å². The summed E-state index contributed by atoms with van der Waals surface area (Å²) >= 11 is 0. The molecule has 0 saturated carbocycles. The first-order valence-corrected chi connectivity index (χ1v) is 9.97. The van der Waals surface area contributed by atoms with Crippen LogP contribution in [-0.4, -0.2) is 28.0 Å². The number of guanidine groups is 1. The van der Waals surface area contributed by atoms with Gasteiger partial charge in [0.2, 0.25) is 10.0 Å². The normalized spacial score (nSPS) is 13.3. The SMILES string of the molecule is CN=C(NCc1ccc(S(N)(=O)=O)cc1)NCC(C)c1cccc(C)c1. The molecule has 4 N–H and O–H groups in total. The van der Waals surface area contributed by atoms with Gasteiger partial charge in [0, 0.05) is 20.1 Å². The molecule has 0 aliphatic carbocycles. The van der Waals surface area contributed by atoms with Crippen LogP contribution in [0.4, 0.5) is 0 Å². The Bertz CT molecular complexity index is 861. The van der Waals surface area contributed by atoms with Gasteiger partial charge in [-0.05, 0) is 36.1 Å². The van der Waals surface area contributed by atoms with Gasteiger partial charge in [0.1, 0.15) is 0 Å². The van der Waals surface area contributed by atoms with E-state index in [0.29, 0.717) is 18.4 Å². The molecular formula is C19H26N4O2S. The summed E-state index contributed by atoms with van der Waals surface area (Å²) in [6, 6.07) is 14.9. The second-order valence-electron chi connectivity index (χ2n) is 6.31. The predicted octanol–water partition coefficient (Wildman–Crippen LogP) is 2.11. The molecule has 0 aliphatic heterocycles. The molecule has 0 radical (unpaired) electrons. The van der Waals surface area contributed by atoms with Crippen LogP contribution in [0.3, 0.4) is 0 Å². The average Bonchev–Trinajstić information content (AvgIpc) is 2.61. The molecule has 2 aromatic carbocycles. The number of primary sulfonamides is 1. The van der Waals surface area contributed by atoms with E-state index in [-0.39, 0.29) is 4.90 Å². The molecule has 6 nitrogen and oxygen atoms in total.